The Labute approximate surface area is 748 Å². The lowest BCUT2D eigenvalue weighted by Crippen LogP contribution is -2.61. The number of para-hydroxylation sites is 2. The predicted octanol–water partition coefficient (Wildman–Crippen LogP) is 32.7. The summed E-state index contributed by atoms with van der Waals surface area (Å²) in [6.07, 6.45) is 0. The van der Waals surface area contributed by atoms with Crippen LogP contribution in [-0.2, 0) is 27.1 Å². The molecular formula is C122H105BN2O2. The lowest BCUT2D eigenvalue weighted by atomic mass is 9.33. The number of hydrogen-bond donors (Lipinski definition) is 0. The Hall–Kier alpha value is -14.0. The summed E-state index contributed by atoms with van der Waals surface area (Å²) in [5, 5.41) is 4.23. The van der Waals surface area contributed by atoms with Crippen LogP contribution in [0.5, 0.6) is 0 Å². The van der Waals surface area contributed by atoms with E-state index in [1.165, 1.54) is 60.9 Å². The van der Waals surface area contributed by atoms with Crippen LogP contribution in [0.1, 0.15) is 132 Å². The summed E-state index contributed by atoms with van der Waals surface area (Å²) in [5.74, 6) is 0. The van der Waals surface area contributed by atoms with Gasteiger partial charge in [0.2, 0.25) is 0 Å². The van der Waals surface area contributed by atoms with Crippen molar-refractivity contribution in [3.05, 3.63) is 392 Å². The molecule has 127 heavy (non-hydrogen) atoms. The SMILES string of the molecule is CC(C)(C)c1cc(-c2ccccc2)cc(-c2ccc3c(c2)B2c4ccc(-c5cc(C(C)(C)C)cc(C(C)(C)C)c5)cc4N(c4c(-c5ccccc5)cc(C(C)(C)C)cc4-c4ccccc4)c4cc(-c5cc(-c6ccccc6)cc(-c6ccccc6)c5)cc(c42)N3c2c(-c3cccc4oc5ccccc5c34)cc(C(C)(C)C)cc2-c2cccc3oc4ccccc4c23)c1. The molecule has 2 aliphatic rings. The lowest BCUT2D eigenvalue weighted by molar-refractivity contribution is 0.569. The van der Waals surface area contributed by atoms with Gasteiger partial charge in [-0.2, -0.15) is 0 Å². The Morgan fingerprint density at radius 1 is 0.197 bits per heavy atom. The first-order valence-electron chi connectivity index (χ1n) is 45.1. The number of fused-ring (bicyclic) bond motifs is 10. The zero-order valence-electron chi connectivity index (χ0n) is 75.4. The fourth-order valence-electron chi connectivity index (χ4n) is 19.8. The molecule has 0 bridgehead atoms. The molecule has 0 saturated carbocycles. The van der Waals surface area contributed by atoms with Crippen molar-refractivity contribution >= 4 is 101 Å². The van der Waals surface area contributed by atoms with Crippen molar-refractivity contribution in [3.8, 4) is 111 Å². The first-order valence-corrected chi connectivity index (χ1v) is 45.1. The Balaban J connectivity index is 0.996. The molecule has 0 unspecified atom stereocenters. The summed E-state index contributed by atoms with van der Waals surface area (Å²) in [7, 11) is 0. The van der Waals surface area contributed by atoms with Gasteiger partial charge in [0.15, 0.2) is 0 Å². The van der Waals surface area contributed by atoms with Gasteiger partial charge in [0, 0.05) is 66.5 Å². The molecule has 0 atom stereocenters. The van der Waals surface area contributed by atoms with Crippen molar-refractivity contribution in [1.82, 2.24) is 0 Å². The van der Waals surface area contributed by atoms with Crippen molar-refractivity contribution in [2.45, 2.75) is 131 Å². The maximum Gasteiger partial charge on any atom is 0.252 e. The van der Waals surface area contributed by atoms with Gasteiger partial charge in [-0.3, -0.25) is 0 Å². The van der Waals surface area contributed by atoms with E-state index >= 15 is 0 Å². The summed E-state index contributed by atoms with van der Waals surface area (Å²) >= 11 is 0. The molecule has 0 spiro atoms. The van der Waals surface area contributed by atoms with E-state index in [0.717, 1.165) is 173 Å². The van der Waals surface area contributed by atoms with Crippen LogP contribution in [0.25, 0.3) is 155 Å². The average Bonchev–Trinajstić information content (AvgIpc) is 0.810. The van der Waals surface area contributed by atoms with E-state index in [9.17, 15) is 0 Å². The number of nitrogens with zero attached hydrogens (tertiary/aromatic N) is 2. The monoisotopic (exact) mass is 1640 g/mol. The van der Waals surface area contributed by atoms with Gasteiger partial charge in [-0.15, -0.1) is 0 Å². The predicted molar refractivity (Wildman–Crippen MR) is 543 cm³/mol. The summed E-state index contributed by atoms with van der Waals surface area (Å²) in [4.78, 5) is 5.51. The molecule has 19 aromatic rings. The zero-order valence-corrected chi connectivity index (χ0v) is 75.4. The van der Waals surface area contributed by atoms with Gasteiger partial charge < -0.3 is 18.6 Å². The highest BCUT2D eigenvalue weighted by Gasteiger charge is 2.47. The van der Waals surface area contributed by atoms with E-state index in [0.29, 0.717) is 0 Å². The van der Waals surface area contributed by atoms with Crippen LogP contribution < -0.4 is 26.2 Å². The van der Waals surface area contributed by atoms with Gasteiger partial charge in [0.05, 0.1) is 11.4 Å². The van der Waals surface area contributed by atoms with Crippen molar-refractivity contribution in [1.29, 1.82) is 0 Å². The molecule has 618 valence electrons. The van der Waals surface area contributed by atoms with Gasteiger partial charge in [0.25, 0.3) is 6.71 Å². The van der Waals surface area contributed by atoms with Crippen LogP contribution in [0.3, 0.4) is 0 Å². The molecule has 0 amide bonds. The normalized spacial score (nSPS) is 13.0. The first-order chi connectivity index (χ1) is 61.1. The van der Waals surface area contributed by atoms with E-state index in [2.05, 4.69) is 478 Å². The molecule has 17 aromatic carbocycles. The minimum absolute atomic E-state index is 0.155. The second-order valence-electron chi connectivity index (χ2n) is 40.5. The van der Waals surface area contributed by atoms with Crippen LogP contribution in [0.4, 0.5) is 34.1 Å². The average molecular weight is 1640 g/mol. The Bertz CT molecular complexity index is 7280. The van der Waals surface area contributed by atoms with Gasteiger partial charge in [-0.25, -0.2) is 0 Å². The van der Waals surface area contributed by atoms with Crippen molar-refractivity contribution in [2.75, 3.05) is 9.80 Å². The standard InChI is InChI=1S/C122H105BN2O2/c1-118(2,3)90-63-86(78-41-25-18-26-42-78)62-87(64-90)81-56-58-105-104(67-81)123-103-57-55-82(88-65-91(119(4,5)6)71-92(66-88)120(7,8)9)68-106(103)125(116-99(79-43-27-19-28-44-79)72-93(121(10,11)12)73-100(116)80-45-29-20-30-46-80)108-70-89(85-60-83(76-37-21-16-22-38-76)59-84(61-85)77-39-23-17-24-40-77)69-107(115(108)123)124(105)117-101(95-49-35-53-111-113(95)97-47-31-33-51-109(97)126-111)74-94(122(13,14)15)75-102(117)96-50-36-54-112-114(96)98-48-32-34-52-110(98)127-112/h16-75H,1-15H3. The molecule has 4 heterocycles. The molecule has 0 radical (unpaired) electrons. The van der Waals surface area contributed by atoms with Crippen LogP contribution in [-0.4, -0.2) is 6.71 Å². The maximum atomic E-state index is 7.08. The molecule has 0 N–H and O–H groups in total. The maximum absolute atomic E-state index is 7.08. The molecule has 0 fully saturated rings. The minimum Gasteiger partial charge on any atom is -0.456 e. The van der Waals surface area contributed by atoms with Gasteiger partial charge in [0.1, 0.15) is 22.3 Å². The third kappa shape index (κ3) is 14.3. The summed E-state index contributed by atoms with van der Waals surface area (Å²) < 4.78 is 14.2. The van der Waals surface area contributed by atoms with Crippen LogP contribution >= 0.6 is 0 Å². The van der Waals surface area contributed by atoms with Crippen LogP contribution in [0.15, 0.2) is 373 Å². The Morgan fingerprint density at radius 2 is 0.504 bits per heavy atom. The summed E-state index contributed by atoms with van der Waals surface area (Å²) in [5.41, 5.74) is 41.0. The van der Waals surface area contributed by atoms with Gasteiger partial charge >= 0.3 is 0 Å². The summed E-state index contributed by atoms with van der Waals surface area (Å²) in [6.45, 7) is 35.0. The molecular weight excluding hydrogens is 1540 g/mol. The lowest BCUT2D eigenvalue weighted by Gasteiger charge is -2.46. The van der Waals surface area contributed by atoms with Crippen molar-refractivity contribution < 1.29 is 8.83 Å². The van der Waals surface area contributed by atoms with Crippen molar-refractivity contribution in [3.63, 3.8) is 0 Å². The Morgan fingerprint density at radius 3 is 0.937 bits per heavy atom. The third-order valence-corrected chi connectivity index (χ3v) is 26.7. The largest absolute Gasteiger partial charge is 0.456 e. The molecule has 4 nitrogen and oxygen atoms in total. The van der Waals surface area contributed by atoms with Crippen LogP contribution in [0.2, 0.25) is 0 Å². The second-order valence-corrected chi connectivity index (χ2v) is 40.5. The molecule has 21 rings (SSSR count). The number of benzene rings is 17. The van der Waals surface area contributed by atoms with E-state index < -0.39 is 0 Å². The third-order valence-electron chi connectivity index (χ3n) is 26.7. The van der Waals surface area contributed by atoms with E-state index in [1.54, 1.807) is 0 Å². The fourth-order valence-corrected chi connectivity index (χ4v) is 19.8. The summed E-state index contributed by atoms with van der Waals surface area (Å²) in [6, 6.07) is 139. The van der Waals surface area contributed by atoms with Crippen LogP contribution in [0, 0.1) is 0 Å². The molecule has 0 saturated heterocycles. The number of furan rings is 2. The number of hydrogen-bond acceptors (Lipinski definition) is 4. The first kappa shape index (κ1) is 80.1. The smallest absolute Gasteiger partial charge is 0.252 e. The van der Waals surface area contributed by atoms with E-state index in [4.69, 9.17) is 8.83 Å². The van der Waals surface area contributed by atoms with E-state index in [1.807, 2.05) is 0 Å². The zero-order chi connectivity index (χ0) is 87.3. The highest BCUT2D eigenvalue weighted by Crippen LogP contribution is 2.58. The topological polar surface area (TPSA) is 32.8 Å². The number of rotatable bonds is 12. The number of anilines is 6. The molecule has 2 aliphatic heterocycles. The molecule has 0 aliphatic carbocycles. The quantitative estimate of drug-likeness (QED) is 0.114. The van der Waals surface area contributed by atoms with E-state index in [-0.39, 0.29) is 33.8 Å². The Kier molecular flexibility index (Phi) is 19.2. The molecule has 2 aromatic heterocycles. The fraction of sp³-hybridized carbons (Fsp3) is 0.164. The minimum atomic E-state index is -0.385. The molecule has 5 heteroatoms. The van der Waals surface area contributed by atoms with Gasteiger partial charge in [-0.05, 0) is 257 Å². The highest BCUT2D eigenvalue weighted by molar-refractivity contribution is 7.00. The highest BCUT2D eigenvalue weighted by atomic mass is 16.3. The van der Waals surface area contributed by atoms with Gasteiger partial charge in [-0.1, -0.05) is 371 Å². The second kappa shape index (κ2) is 30.4. The van der Waals surface area contributed by atoms with Crippen molar-refractivity contribution in [2.24, 2.45) is 0 Å².